The van der Waals surface area contributed by atoms with Crippen molar-refractivity contribution in [2.75, 3.05) is 6.54 Å². The molecule has 4 aliphatic rings. The molecule has 0 aromatic heterocycles. The van der Waals surface area contributed by atoms with Crippen molar-refractivity contribution in [3.05, 3.63) is 11.6 Å². The van der Waals surface area contributed by atoms with Crippen LogP contribution >= 0.6 is 0 Å². The van der Waals surface area contributed by atoms with Crippen LogP contribution in [0.3, 0.4) is 0 Å². The number of allylic oxidation sites excluding steroid dienone is 2. The number of alkyl carbamates (subject to hydrolysis) is 2. The van der Waals surface area contributed by atoms with E-state index in [9.17, 15) is 19.5 Å². The van der Waals surface area contributed by atoms with Gasteiger partial charge in [-0.05, 0) is 146 Å². The molecule has 0 aromatic rings. The van der Waals surface area contributed by atoms with Crippen LogP contribution in [0.4, 0.5) is 9.59 Å². The fourth-order valence-electron chi connectivity index (χ4n) is 9.63. The Morgan fingerprint density at radius 3 is 2.29 bits per heavy atom. The Bertz CT molecular complexity index is 1190. The topological polar surface area (TPSA) is 114 Å². The summed E-state index contributed by atoms with van der Waals surface area (Å²) in [6.45, 7) is 16.0. The number of rotatable bonds is 8. The lowest BCUT2D eigenvalue weighted by Crippen LogP contribution is -2.52. The lowest BCUT2D eigenvalue weighted by atomic mass is 9.46. The smallest absolute Gasteiger partial charge is 0.408 e. The molecule has 8 heteroatoms. The van der Waals surface area contributed by atoms with E-state index in [1.165, 1.54) is 24.8 Å². The second-order valence-electron chi connectivity index (χ2n) is 16.8. The molecule has 45 heavy (non-hydrogen) atoms. The van der Waals surface area contributed by atoms with Gasteiger partial charge in [-0.2, -0.15) is 0 Å². The fourth-order valence-corrected chi connectivity index (χ4v) is 9.63. The summed E-state index contributed by atoms with van der Waals surface area (Å²) in [5, 5.41) is 15.9. The van der Waals surface area contributed by atoms with Crippen LogP contribution in [0.5, 0.6) is 0 Å². The first-order valence-electron chi connectivity index (χ1n) is 17.2. The molecule has 0 heterocycles. The van der Waals surface area contributed by atoms with Crippen LogP contribution in [0, 0.1) is 58.7 Å². The maximum atomic E-state index is 12.8. The number of carboxylic acids is 1. The lowest BCUT2D eigenvalue weighted by Gasteiger charge is -2.58. The summed E-state index contributed by atoms with van der Waals surface area (Å²) in [5.41, 5.74) is 0.474. The van der Waals surface area contributed by atoms with Gasteiger partial charge in [-0.1, -0.05) is 25.5 Å². The van der Waals surface area contributed by atoms with Crippen molar-refractivity contribution in [3.8, 4) is 12.3 Å². The first-order chi connectivity index (χ1) is 20.9. The largest absolute Gasteiger partial charge is 0.480 e. The summed E-state index contributed by atoms with van der Waals surface area (Å²) in [6.07, 6.45) is 16.9. The molecule has 252 valence electrons. The fraction of sp³-hybridized carbons (Fsp3) is 0.811. The normalized spacial score (nSPS) is 34.0. The predicted molar refractivity (Wildman–Crippen MR) is 175 cm³/mol. The second kappa shape index (κ2) is 13.2. The van der Waals surface area contributed by atoms with Gasteiger partial charge in [-0.3, -0.25) is 0 Å². The SMILES string of the molecule is C#C[C@H]1CCC2C3CC=C4CC([C@H](CCCNC(=O)OC(C)(C)C)[C@H](NC(=O)OC(C)(C)C)C(=O)O)CC[C@]4(C)C3CC[C@@]21C. The van der Waals surface area contributed by atoms with E-state index in [4.69, 9.17) is 15.9 Å². The third-order valence-corrected chi connectivity index (χ3v) is 11.7. The van der Waals surface area contributed by atoms with E-state index in [1.807, 2.05) is 20.8 Å². The van der Waals surface area contributed by atoms with Crippen LogP contribution < -0.4 is 10.6 Å². The molecule has 0 saturated heterocycles. The van der Waals surface area contributed by atoms with Crippen LogP contribution in [0.1, 0.15) is 120 Å². The van der Waals surface area contributed by atoms with Crippen molar-refractivity contribution in [2.45, 2.75) is 137 Å². The first kappa shape index (κ1) is 35.2. The van der Waals surface area contributed by atoms with Gasteiger partial charge in [0.1, 0.15) is 17.2 Å². The third kappa shape index (κ3) is 7.83. The number of nitrogens with one attached hydrogen (secondary N) is 2. The van der Waals surface area contributed by atoms with Gasteiger partial charge in [0.05, 0.1) is 0 Å². The molecule has 3 fully saturated rings. The number of carbonyl (C=O) groups excluding carboxylic acids is 2. The van der Waals surface area contributed by atoms with Crippen molar-refractivity contribution < 1.29 is 29.0 Å². The van der Waals surface area contributed by atoms with Crippen LogP contribution in [-0.2, 0) is 14.3 Å². The van der Waals surface area contributed by atoms with Gasteiger partial charge in [0, 0.05) is 12.5 Å². The Hall–Kier alpha value is -2.69. The number of amides is 2. The summed E-state index contributed by atoms with van der Waals surface area (Å²) in [5.74, 6) is 4.17. The molecule has 4 unspecified atom stereocenters. The first-order valence-corrected chi connectivity index (χ1v) is 17.2. The molecular formula is C37H58N2O6. The standard InChI is InChI=1S/C37H58N2O6/c1-10-24-14-16-28-27-15-13-25-22-23(17-19-37(25,9)29(27)18-20-36(24,28)8)26(12-11-21-38-32(42)44-34(2,3)4)30(31(40)41)39-33(43)45-35(5,6)7/h1,13,23-24,26-30H,11-12,14-22H2,2-9H3,(H,38,42)(H,39,43)(H,40,41)/t23?,24-,26-,27?,28?,29?,30-,36+,37-/m0/s1. The van der Waals surface area contributed by atoms with Crippen molar-refractivity contribution in [3.63, 3.8) is 0 Å². The molecule has 3 saturated carbocycles. The highest BCUT2D eigenvalue weighted by Gasteiger charge is 2.58. The highest BCUT2D eigenvalue weighted by molar-refractivity contribution is 5.80. The van der Waals surface area contributed by atoms with E-state index in [-0.39, 0.29) is 22.7 Å². The predicted octanol–water partition coefficient (Wildman–Crippen LogP) is 7.71. The minimum atomic E-state index is -1.10. The van der Waals surface area contributed by atoms with E-state index in [0.717, 1.165) is 32.1 Å². The molecule has 3 N–H and O–H groups in total. The van der Waals surface area contributed by atoms with E-state index in [2.05, 4.69) is 36.5 Å². The van der Waals surface area contributed by atoms with Gasteiger partial charge >= 0.3 is 18.2 Å². The Labute approximate surface area is 271 Å². The molecule has 9 atom stereocenters. The van der Waals surface area contributed by atoms with Crippen molar-refractivity contribution >= 4 is 18.2 Å². The van der Waals surface area contributed by atoms with Gasteiger partial charge in [0.15, 0.2) is 0 Å². The number of fused-ring (bicyclic) bond motifs is 5. The molecule has 4 aliphatic carbocycles. The molecule has 0 bridgehead atoms. The molecule has 0 radical (unpaired) electrons. The maximum Gasteiger partial charge on any atom is 0.408 e. The van der Waals surface area contributed by atoms with Crippen LogP contribution in [0.2, 0.25) is 0 Å². The number of hydrogen-bond acceptors (Lipinski definition) is 5. The van der Waals surface area contributed by atoms with E-state index in [1.54, 1.807) is 20.8 Å². The Balaban J connectivity index is 1.52. The summed E-state index contributed by atoms with van der Waals surface area (Å²) in [7, 11) is 0. The lowest BCUT2D eigenvalue weighted by molar-refractivity contribution is -0.142. The molecule has 4 rings (SSSR count). The summed E-state index contributed by atoms with van der Waals surface area (Å²) in [4.78, 5) is 37.8. The number of ether oxygens (including phenoxy) is 2. The van der Waals surface area contributed by atoms with Crippen molar-refractivity contribution in [1.29, 1.82) is 0 Å². The summed E-state index contributed by atoms with van der Waals surface area (Å²) in [6, 6.07) is -1.10. The molecule has 8 nitrogen and oxygen atoms in total. The van der Waals surface area contributed by atoms with E-state index < -0.39 is 35.4 Å². The number of hydrogen-bond donors (Lipinski definition) is 3. The number of aliphatic carboxylic acids is 1. The van der Waals surface area contributed by atoms with E-state index in [0.29, 0.717) is 43.1 Å². The highest BCUT2D eigenvalue weighted by atomic mass is 16.6. The van der Waals surface area contributed by atoms with Gasteiger partial charge in [-0.15, -0.1) is 12.3 Å². The number of terminal acetylenes is 1. The zero-order chi connectivity index (χ0) is 33.4. The third-order valence-electron chi connectivity index (χ3n) is 11.7. The number of carboxylic acid groups (broad SMARTS) is 1. The van der Waals surface area contributed by atoms with Crippen LogP contribution in [-0.4, -0.2) is 47.1 Å². The quantitative estimate of drug-likeness (QED) is 0.144. The Morgan fingerprint density at radius 1 is 1.00 bits per heavy atom. The molecule has 0 spiro atoms. The van der Waals surface area contributed by atoms with Crippen LogP contribution in [0.15, 0.2) is 11.6 Å². The van der Waals surface area contributed by atoms with Crippen LogP contribution in [0.25, 0.3) is 0 Å². The average Bonchev–Trinajstić information content (AvgIpc) is 3.26. The molecule has 2 amide bonds. The van der Waals surface area contributed by atoms with Gasteiger partial charge in [0.2, 0.25) is 0 Å². The highest BCUT2D eigenvalue weighted by Crippen LogP contribution is 2.66. The molecule has 0 aliphatic heterocycles. The minimum absolute atomic E-state index is 0.0876. The zero-order valence-electron chi connectivity index (χ0n) is 29.0. The van der Waals surface area contributed by atoms with Crippen molar-refractivity contribution in [2.24, 2.45) is 46.3 Å². The molecular weight excluding hydrogens is 568 g/mol. The summed E-state index contributed by atoms with van der Waals surface area (Å²) < 4.78 is 10.8. The van der Waals surface area contributed by atoms with Gasteiger partial charge in [0.25, 0.3) is 0 Å². The number of carbonyl (C=O) groups is 3. The monoisotopic (exact) mass is 626 g/mol. The van der Waals surface area contributed by atoms with Gasteiger partial charge in [-0.25, -0.2) is 14.4 Å². The van der Waals surface area contributed by atoms with E-state index >= 15 is 0 Å². The Morgan fingerprint density at radius 2 is 1.67 bits per heavy atom. The maximum absolute atomic E-state index is 12.8. The zero-order valence-corrected chi connectivity index (χ0v) is 29.0. The minimum Gasteiger partial charge on any atom is -0.480 e. The van der Waals surface area contributed by atoms with Crippen molar-refractivity contribution in [1.82, 2.24) is 10.6 Å². The Kier molecular flexibility index (Phi) is 10.3. The summed E-state index contributed by atoms with van der Waals surface area (Å²) >= 11 is 0. The van der Waals surface area contributed by atoms with Gasteiger partial charge < -0.3 is 25.2 Å². The second-order valence-corrected chi connectivity index (χ2v) is 16.8. The average molecular weight is 627 g/mol. The molecule has 0 aromatic carbocycles.